The van der Waals surface area contributed by atoms with Gasteiger partial charge in [0.1, 0.15) is 12.3 Å². The molecule has 0 aromatic heterocycles. The molecule has 1 amide bonds. The van der Waals surface area contributed by atoms with E-state index in [1.165, 1.54) is 13.2 Å². The number of ether oxygens (including phenoxy) is 2. The van der Waals surface area contributed by atoms with Gasteiger partial charge in [-0.15, -0.1) is 0 Å². The van der Waals surface area contributed by atoms with Gasteiger partial charge in [0.2, 0.25) is 5.91 Å². The molecule has 0 heterocycles. The van der Waals surface area contributed by atoms with Gasteiger partial charge < -0.3 is 14.8 Å². The summed E-state index contributed by atoms with van der Waals surface area (Å²) in [7, 11) is 1.44. The number of carbonyl (C=O) groups is 2. The van der Waals surface area contributed by atoms with Gasteiger partial charge in [0.15, 0.2) is 0 Å². The zero-order valence-corrected chi connectivity index (χ0v) is 15.1. The molecule has 0 aliphatic rings. The summed E-state index contributed by atoms with van der Waals surface area (Å²) in [5, 5.41) is 2.67. The van der Waals surface area contributed by atoms with Crippen LogP contribution in [0.2, 0.25) is 0 Å². The van der Waals surface area contributed by atoms with Crippen molar-refractivity contribution in [3.63, 3.8) is 0 Å². The molecule has 1 aromatic carbocycles. The van der Waals surface area contributed by atoms with Crippen molar-refractivity contribution in [1.29, 1.82) is 0 Å². The second-order valence-corrected chi connectivity index (χ2v) is 6.21. The first-order chi connectivity index (χ1) is 11.8. The zero-order valence-electron chi connectivity index (χ0n) is 15.1. The number of aliphatic imine (C=N–C) groups is 1. The van der Waals surface area contributed by atoms with Crippen LogP contribution in [-0.2, 0) is 9.53 Å². The number of nitrogens with one attached hydrogen (secondary N) is 1. The molecule has 1 aromatic rings. The molecule has 0 saturated carbocycles. The van der Waals surface area contributed by atoms with Gasteiger partial charge >= 0.3 is 5.97 Å². The molecular weight excluding hydrogens is 327 g/mol. The Morgan fingerprint density at radius 1 is 1.36 bits per heavy atom. The first kappa shape index (κ1) is 20.6. The number of carbonyl (C=O) groups excluding carboxylic acids is 2. The van der Waals surface area contributed by atoms with Gasteiger partial charge in [0.05, 0.1) is 31.6 Å². The van der Waals surface area contributed by atoms with Gasteiger partial charge in [-0.3, -0.25) is 14.2 Å². The molecule has 0 radical (unpaired) electrons. The summed E-state index contributed by atoms with van der Waals surface area (Å²) in [5.74, 6) is -0.448. The maximum atomic E-state index is 12.7. The second-order valence-electron chi connectivity index (χ2n) is 6.21. The molecule has 1 rings (SSSR count). The van der Waals surface area contributed by atoms with Crippen LogP contribution in [0.4, 0.5) is 10.1 Å². The maximum Gasteiger partial charge on any atom is 0.338 e. The Morgan fingerprint density at radius 2 is 2.08 bits per heavy atom. The molecule has 6 nitrogen and oxygen atoms in total. The van der Waals surface area contributed by atoms with E-state index in [-0.39, 0.29) is 19.1 Å². The van der Waals surface area contributed by atoms with Gasteiger partial charge in [-0.25, -0.2) is 4.79 Å². The highest BCUT2D eigenvalue weighted by molar-refractivity contribution is 5.96. The van der Waals surface area contributed by atoms with Crippen LogP contribution in [0.15, 0.2) is 23.2 Å². The summed E-state index contributed by atoms with van der Waals surface area (Å²) in [6.45, 7) is 5.04. The Balaban J connectivity index is 2.68. The molecule has 0 fully saturated rings. The van der Waals surface area contributed by atoms with E-state index in [2.05, 4.69) is 10.3 Å². The normalized spacial score (nSPS) is 11.4. The summed E-state index contributed by atoms with van der Waals surface area (Å²) in [4.78, 5) is 27.7. The average molecular weight is 352 g/mol. The van der Waals surface area contributed by atoms with Gasteiger partial charge in [-0.05, 0) is 43.2 Å². The van der Waals surface area contributed by atoms with Gasteiger partial charge in [-0.1, -0.05) is 13.8 Å². The topological polar surface area (TPSA) is 77.0 Å². The number of hydrogen-bond acceptors (Lipinski definition) is 5. The fourth-order valence-corrected chi connectivity index (χ4v) is 1.84. The number of alkyl halides is 1. The van der Waals surface area contributed by atoms with Crippen molar-refractivity contribution in [2.75, 3.05) is 32.3 Å². The van der Waals surface area contributed by atoms with Gasteiger partial charge in [-0.2, -0.15) is 0 Å². The molecular formula is C18H25FN2O4. The Hall–Kier alpha value is -2.44. The minimum absolute atomic E-state index is 0.0782. The molecule has 0 aliphatic carbocycles. The first-order valence-electron chi connectivity index (χ1n) is 8.02. The van der Waals surface area contributed by atoms with E-state index in [1.807, 2.05) is 0 Å². The zero-order chi connectivity index (χ0) is 18.9. The predicted molar refractivity (Wildman–Crippen MR) is 95.3 cm³/mol. The molecule has 0 unspecified atom stereocenters. The third-order valence-electron chi connectivity index (χ3n) is 3.36. The lowest BCUT2D eigenvalue weighted by atomic mass is 9.92. The highest BCUT2D eigenvalue weighted by Crippen LogP contribution is 2.26. The van der Waals surface area contributed by atoms with Crippen molar-refractivity contribution in [3.8, 4) is 5.75 Å². The Bertz CT molecular complexity index is 630. The van der Waals surface area contributed by atoms with Crippen LogP contribution in [0.5, 0.6) is 5.75 Å². The number of anilines is 1. The molecule has 0 spiro atoms. The van der Waals surface area contributed by atoms with E-state index in [9.17, 15) is 14.0 Å². The number of hydrogen-bond donors (Lipinski definition) is 1. The lowest BCUT2D eigenvalue weighted by Crippen LogP contribution is -2.17. The molecule has 1 N–H and O–H groups in total. The number of amides is 1. The highest BCUT2D eigenvalue weighted by atomic mass is 19.1. The fourth-order valence-electron chi connectivity index (χ4n) is 1.84. The summed E-state index contributed by atoms with van der Waals surface area (Å²) >= 11 is 0. The Labute approximate surface area is 147 Å². The number of methoxy groups -OCH3 is 1. The van der Waals surface area contributed by atoms with Crippen LogP contribution in [0, 0.1) is 5.41 Å². The average Bonchev–Trinajstić information content (AvgIpc) is 2.59. The number of benzene rings is 1. The van der Waals surface area contributed by atoms with Gasteiger partial charge in [0, 0.05) is 0 Å². The maximum absolute atomic E-state index is 12.7. The first-order valence-corrected chi connectivity index (χ1v) is 8.02. The summed E-state index contributed by atoms with van der Waals surface area (Å²) in [6, 6.07) is 4.61. The number of nitrogens with zero attached hydrogens (tertiary/aromatic N) is 1. The second kappa shape index (κ2) is 9.76. The molecule has 0 bridgehead atoms. The fraction of sp³-hybridized carbons (Fsp3) is 0.500. The van der Waals surface area contributed by atoms with E-state index in [0.29, 0.717) is 23.4 Å². The van der Waals surface area contributed by atoms with Crippen molar-refractivity contribution in [3.05, 3.63) is 23.8 Å². The lowest BCUT2D eigenvalue weighted by Gasteiger charge is -2.16. The molecule has 7 heteroatoms. The Kier molecular flexibility index (Phi) is 8.04. The summed E-state index contributed by atoms with van der Waals surface area (Å²) < 4.78 is 22.8. The van der Waals surface area contributed by atoms with Crippen molar-refractivity contribution < 1.29 is 23.5 Å². The molecule has 138 valence electrons. The minimum atomic E-state index is -0.480. The third-order valence-corrected chi connectivity index (χ3v) is 3.36. The SMILES string of the molecule is CCOC(=O)c1ccc(NC(=O)C/N=C/CC(C)(C)CF)c(OC)c1. The molecule has 0 saturated heterocycles. The van der Waals surface area contributed by atoms with Crippen molar-refractivity contribution >= 4 is 23.8 Å². The van der Waals surface area contributed by atoms with Crippen molar-refractivity contribution in [1.82, 2.24) is 0 Å². The highest BCUT2D eigenvalue weighted by Gasteiger charge is 2.16. The van der Waals surface area contributed by atoms with Crippen LogP contribution in [-0.4, -0.2) is 45.0 Å². The van der Waals surface area contributed by atoms with E-state index in [0.717, 1.165) is 0 Å². The standard InChI is InChI=1S/C18H25FN2O4/c1-5-25-17(23)13-6-7-14(15(10-13)24-4)21-16(22)11-20-9-8-18(2,3)12-19/h6-7,9-10H,5,8,11-12H2,1-4H3,(H,21,22)/b20-9+. The number of esters is 1. The van der Waals surface area contributed by atoms with Gasteiger partial charge in [0.25, 0.3) is 0 Å². The largest absolute Gasteiger partial charge is 0.495 e. The van der Waals surface area contributed by atoms with Crippen molar-refractivity contribution in [2.24, 2.45) is 10.4 Å². The molecule has 0 aliphatic heterocycles. The lowest BCUT2D eigenvalue weighted by molar-refractivity contribution is -0.114. The van der Waals surface area contributed by atoms with Crippen LogP contribution >= 0.6 is 0 Å². The summed E-state index contributed by atoms with van der Waals surface area (Å²) in [6.07, 6.45) is 2.01. The third kappa shape index (κ3) is 6.91. The van der Waals surface area contributed by atoms with E-state index < -0.39 is 18.1 Å². The predicted octanol–water partition coefficient (Wildman–Crippen LogP) is 3.27. The Morgan fingerprint density at radius 3 is 2.68 bits per heavy atom. The summed E-state index contributed by atoms with van der Waals surface area (Å²) in [5.41, 5.74) is 0.287. The van der Waals surface area contributed by atoms with Crippen LogP contribution in [0.3, 0.4) is 0 Å². The quantitative estimate of drug-likeness (QED) is 0.547. The van der Waals surface area contributed by atoms with Crippen LogP contribution < -0.4 is 10.1 Å². The van der Waals surface area contributed by atoms with Crippen molar-refractivity contribution in [2.45, 2.75) is 27.2 Å². The van der Waals surface area contributed by atoms with E-state index in [4.69, 9.17) is 9.47 Å². The minimum Gasteiger partial charge on any atom is -0.495 e. The molecule has 25 heavy (non-hydrogen) atoms. The van der Waals surface area contributed by atoms with Crippen LogP contribution in [0.1, 0.15) is 37.6 Å². The monoisotopic (exact) mass is 352 g/mol. The smallest absolute Gasteiger partial charge is 0.338 e. The van der Waals surface area contributed by atoms with Crippen LogP contribution in [0.25, 0.3) is 0 Å². The molecule has 0 atom stereocenters. The van der Waals surface area contributed by atoms with E-state index >= 15 is 0 Å². The number of halogens is 1. The van der Waals surface area contributed by atoms with E-state index in [1.54, 1.807) is 39.1 Å². The number of rotatable bonds is 9.